The van der Waals surface area contributed by atoms with E-state index in [-0.39, 0.29) is 11.0 Å². The van der Waals surface area contributed by atoms with Gasteiger partial charge in [-0.3, -0.25) is 0 Å². The van der Waals surface area contributed by atoms with Gasteiger partial charge in [-0.05, 0) is 43.7 Å². The van der Waals surface area contributed by atoms with Gasteiger partial charge in [-0.1, -0.05) is 24.3 Å². The second kappa shape index (κ2) is 6.26. The molecule has 1 aliphatic rings. The lowest BCUT2D eigenvalue weighted by Gasteiger charge is -2.28. The topological polar surface area (TPSA) is 84.5 Å². The Balaban J connectivity index is 1.85. The smallest absolute Gasteiger partial charge is 0.338 e. The van der Waals surface area contributed by atoms with E-state index in [2.05, 4.69) is 10.0 Å². The van der Waals surface area contributed by atoms with E-state index in [0.717, 1.165) is 0 Å². The first-order valence-corrected chi connectivity index (χ1v) is 9.04. The van der Waals surface area contributed by atoms with Gasteiger partial charge in [-0.25, -0.2) is 13.2 Å². The molecule has 1 heterocycles. The zero-order valence-electron chi connectivity index (χ0n) is 13.3. The van der Waals surface area contributed by atoms with Crippen LogP contribution in [0.4, 0.5) is 5.69 Å². The van der Waals surface area contributed by atoms with E-state index in [1.54, 1.807) is 62.4 Å². The van der Waals surface area contributed by atoms with Crippen LogP contribution >= 0.6 is 0 Å². The van der Waals surface area contributed by atoms with Crippen molar-refractivity contribution in [3.63, 3.8) is 0 Å². The van der Waals surface area contributed by atoms with E-state index in [4.69, 9.17) is 4.74 Å². The van der Waals surface area contributed by atoms with Crippen LogP contribution in [0.15, 0.2) is 53.4 Å². The molecule has 3 rings (SSSR count). The third-order valence-electron chi connectivity index (χ3n) is 3.57. The van der Waals surface area contributed by atoms with Crippen molar-refractivity contribution in [3.8, 4) is 0 Å². The van der Waals surface area contributed by atoms with Crippen molar-refractivity contribution >= 4 is 21.7 Å². The quantitative estimate of drug-likeness (QED) is 0.835. The number of carbonyl (C=O) groups is 1. The van der Waals surface area contributed by atoms with Crippen molar-refractivity contribution in [2.24, 2.45) is 0 Å². The molecule has 1 unspecified atom stereocenters. The highest BCUT2D eigenvalue weighted by Gasteiger charge is 2.29. The number of ether oxygens (including phenoxy) is 1. The van der Waals surface area contributed by atoms with Crippen LogP contribution in [-0.2, 0) is 14.8 Å². The molecule has 1 atom stereocenters. The summed E-state index contributed by atoms with van der Waals surface area (Å²) in [6, 6.07) is 13.4. The van der Waals surface area contributed by atoms with E-state index in [9.17, 15) is 13.2 Å². The van der Waals surface area contributed by atoms with Gasteiger partial charge in [-0.15, -0.1) is 0 Å². The minimum absolute atomic E-state index is 0.194. The molecule has 0 spiro atoms. The molecule has 0 aromatic heterocycles. The van der Waals surface area contributed by atoms with E-state index >= 15 is 0 Å². The van der Waals surface area contributed by atoms with Crippen LogP contribution < -0.4 is 10.0 Å². The zero-order valence-corrected chi connectivity index (χ0v) is 14.1. The summed E-state index contributed by atoms with van der Waals surface area (Å²) in [5.41, 5.74) is 1.67. The van der Waals surface area contributed by atoms with Crippen LogP contribution in [0.2, 0.25) is 0 Å². The normalized spacial score (nSPS) is 18.5. The predicted molar refractivity (Wildman–Crippen MR) is 90.1 cm³/mol. The summed E-state index contributed by atoms with van der Waals surface area (Å²) in [6.07, 6.45) is -0.791. The summed E-state index contributed by atoms with van der Waals surface area (Å²) in [5, 5.41) is 3.14. The minimum atomic E-state index is -3.59. The van der Waals surface area contributed by atoms with E-state index in [0.29, 0.717) is 16.8 Å². The van der Waals surface area contributed by atoms with Crippen molar-refractivity contribution in [1.82, 2.24) is 4.72 Å². The Morgan fingerprint density at radius 2 is 1.75 bits per heavy atom. The SMILES string of the molecule is CC(C)OC(=O)c1ccc(C2Nc3ccccc3S(=O)(=O)N2)cc1. The molecule has 24 heavy (non-hydrogen) atoms. The molecule has 1 aliphatic heterocycles. The minimum Gasteiger partial charge on any atom is -0.459 e. The van der Waals surface area contributed by atoms with Crippen LogP contribution in [0.5, 0.6) is 0 Å². The molecular formula is C17H18N2O4S. The lowest BCUT2D eigenvalue weighted by atomic mass is 10.1. The molecule has 0 radical (unpaired) electrons. The van der Waals surface area contributed by atoms with Gasteiger partial charge in [0.1, 0.15) is 11.1 Å². The number of benzene rings is 2. The van der Waals surface area contributed by atoms with Gasteiger partial charge in [0.05, 0.1) is 17.4 Å². The number of rotatable bonds is 3. The molecule has 2 aromatic rings. The van der Waals surface area contributed by atoms with Crippen LogP contribution in [0, 0.1) is 0 Å². The molecule has 0 bridgehead atoms. The second-order valence-electron chi connectivity index (χ2n) is 5.77. The van der Waals surface area contributed by atoms with Crippen molar-refractivity contribution in [2.45, 2.75) is 31.0 Å². The molecule has 0 saturated heterocycles. The Kier molecular flexibility index (Phi) is 4.29. The van der Waals surface area contributed by atoms with Gasteiger partial charge >= 0.3 is 5.97 Å². The molecule has 0 saturated carbocycles. The highest BCUT2D eigenvalue weighted by molar-refractivity contribution is 7.89. The number of anilines is 1. The third kappa shape index (κ3) is 3.27. The summed E-state index contributed by atoms with van der Waals surface area (Å²) in [4.78, 5) is 12.1. The number of para-hydroxylation sites is 1. The first-order valence-electron chi connectivity index (χ1n) is 7.55. The Labute approximate surface area is 140 Å². The van der Waals surface area contributed by atoms with Crippen LogP contribution in [-0.4, -0.2) is 20.5 Å². The van der Waals surface area contributed by atoms with Crippen LogP contribution in [0.3, 0.4) is 0 Å². The first-order chi connectivity index (χ1) is 11.4. The fourth-order valence-corrected chi connectivity index (χ4v) is 3.78. The average Bonchev–Trinajstić information content (AvgIpc) is 2.54. The number of nitrogens with one attached hydrogen (secondary N) is 2. The van der Waals surface area contributed by atoms with Gasteiger partial charge in [0.15, 0.2) is 0 Å². The number of carbonyl (C=O) groups excluding carboxylic acids is 1. The van der Waals surface area contributed by atoms with E-state index in [1.165, 1.54) is 0 Å². The van der Waals surface area contributed by atoms with Crippen molar-refractivity contribution in [2.75, 3.05) is 5.32 Å². The van der Waals surface area contributed by atoms with Crippen LogP contribution in [0.1, 0.15) is 35.9 Å². The maximum atomic E-state index is 12.3. The van der Waals surface area contributed by atoms with Gasteiger partial charge in [0.2, 0.25) is 10.0 Å². The molecule has 2 aromatic carbocycles. The highest BCUT2D eigenvalue weighted by atomic mass is 32.2. The Bertz CT molecular complexity index is 860. The predicted octanol–water partition coefficient (Wildman–Crippen LogP) is 2.65. The fraction of sp³-hybridized carbons (Fsp3) is 0.235. The van der Waals surface area contributed by atoms with Gasteiger partial charge in [0.25, 0.3) is 0 Å². The van der Waals surface area contributed by atoms with Crippen molar-refractivity contribution < 1.29 is 17.9 Å². The number of hydrogen-bond acceptors (Lipinski definition) is 5. The van der Waals surface area contributed by atoms with Gasteiger partial charge in [-0.2, -0.15) is 4.72 Å². The van der Waals surface area contributed by atoms with Gasteiger partial charge in [0, 0.05) is 0 Å². The standard InChI is InChI=1S/C17H18N2O4S/c1-11(2)23-17(20)13-9-7-12(8-10-13)16-18-14-5-3-4-6-15(14)24(21,22)19-16/h3-11,16,18-19H,1-2H3. The molecule has 0 amide bonds. The molecular weight excluding hydrogens is 328 g/mol. The van der Waals surface area contributed by atoms with Crippen LogP contribution in [0.25, 0.3) is 0 Å². The average molecular weight is 346 g/mol. The lowest BCUT2D eigenvalue weighted by molar-refractivity contribution is 0.0378. The molecule has 126 valence electrons. The summed E-state index contributed by atoms with van der Waals surface area (Å²) in [5.74, 6) is -0.404. The Hall–Kier alpha value is -2.38. The summed E-state index contributed by atoms with van der Waals surface area (Å²) in [6.45, 7) is 3.56. The Morgan fingerprint density at radius 1 is 1.08 bits per heavy atom. The largest absolute Gasteiger partial charge is 0.459 e. The summed E-state index contributed by atoms with van der Waals surface area (Å²) in [7, 11) is -3.59. The summed E-state index contributed by atoms with van der Waals surface area (Å²) >= 11 is 0. The monoisotopic (exact) mass is 346 g/mol. The van der Waals surface area contributed by atoms with Crippen molar-refractivity contribution in [3.05, 3.63) is 59.7 Å². The number of fused-ring (bicyclic) bond motifs is 1. The summed E-state index contributed by atoms with van der Waals surface area (Å²) < 4.78 is 32.4. The van der Waals surface area contributed by atoms with Gasteiger partial charge < -0.3 is 10.1 Å². The maximum Gasteiger partial charge on any atom is 0.338 e. The maximum absolute atomic E-state index is 12.3. The van der Waals surface area contributed by atoms with Crippen molar-refractivity contribution in [1.29, 1.82) is 0 Å². The molecule has 6 nitrogen and oxygen atoms in total. The molecule has 0 aliphatic carbocycles. The number of hydrogen-bond donors (Lipinski definition) is 2. The third-order valence-corrected chi connectivity index (χ3v) is 5.05. The number of esters is 1. The highest BCUT2D eigenvalue weighted by Crippen LogP contribution is 2.30. The zero-order chi connectivity index (χ0) is 17.3. The Morgan fingerprint density at radius 3 is 2.42 bits per heavy atom. The fourth-order valence-electron chi connectivity index (χ4n) is 2.47. The first kappa shape index (κ1) is 16.5. The lowest BCUT2D eigenvalue weighted by Crippen LogP contribution is -2.38. The molecule has 2 N–H and O–H groups in total. The molecule has 7 heteroatoms. The van der Waals surface area contributed by atoms with E-state index in [1.807, 2.05) is 0 Å². The molecule has 0 fully saturated rings. The van der Waals surface area contributed by atoms with E-state index < -0.39 is 22.2 Å². The number of sulfonamides is 1. The second-order valence-corrected chi connectivity index (χ2v) is 7.45.